The smallest absolute Gasteiger partial charge is 0.125 e. The van der Waals surface area contributed by atoms with Gasteiger partial charge in [0.1, 0.15) is 38.3 Å². The van der Waals surface area contributed by atoms with Crippen molar-refractivity contribution in [3.8, 4) is 0 Å². The average molecular weight is 423 g/mol. The van der Waals surface area contributed by atoms with Crippen LogP contribution in [0.5, 0.6) is 0 Å². The van der Waals surface area contributed by atoms with Gasteiger partial charge in [-0.2, -0.15) is 0 Å². The van der Waals surface area contributed by atoms with Gasteiger partial charge in [-0.05, 0) is 13.8 Å². The van der Waals surface area contributed by atoms with E-state index in [1.54, 1.807) is 0 Å². The van der Waals surface area contributed by atoms with Gasteiger partial charge >= 0.3 is 0 Å². The van der Waals surface area contributed by atoms with Crippen LogP contribution in [-0.2, 0) is 42.6 Å². The molecule has 0 radical (unpaired) electrons. The summed E-state index contributed by atoms with van der Waals surface area (Å²) in [5.74, 6) is 0. The summed E-state index contributed by atoms with van der Waals surface area (Å²) in [5.41, 5.74) is 0. The van der Waals surface area contributed by atoms with Crippen molar-refractivity contribution in [3.05, 3.63) is 25.0 Å². The van der Waals surface area contributed by atoms with E-state index in [-0.39, 0.29) is 0 Å². The fraction of sp³-hybridized carbons (Fsp3) is 0.800. The van der Waals surface area contributed by atoms with Crippen LogP contribution in [0.3, 0.4) is 0 Å². The molecule has 0 saturated heterocycles. The lowest BCUT2D eigenvalue weighted by atomic mass is 10.7. The molecule has 0 atom stereocenters. The summed E-state index contributed by atoms with van der Waals surface area (Å²) in [4.78, 5) is 0. The highest BCUT2D eigenvalue weighted by atomic mass is 16.6. The van der Waals surface area contributed by atoms with Gasteiger partial charge < -0.3 is 42.6 Å². The maximum absolute atomic E-state index is 5.34. The second kappa shape index (κ2) is 26.6. The van der Waals surface area contributed by atoms with Gasteiger partial charge in [0.05, 0.1) is 66.1 Å². The van der Waals surface area contributed by atoms with Crippen molar-refractivity contribution < 1.29 is 42.6 Å². The van der Waals surface area contributed by atoms with Crippen LogP contribution in [0.4, 0.5) is 0 Å². The zero-order valence-electron chi connectivity index (χ0n) is 17.9. The molecule has 0 fully saturated rings. The molecule has 0 N–H and O–H groups in total. The summed E-state index contributed by atoms with van der Waals surface area (Å²) in [6.45, 7) is 11.7. The normalized spacial score (nSPS) is 11.5. The van der Waals surface area contributed by atoms with Gasteiger partial charge in [-0.25, -0.2) is 0 Å². The van der Waals surface area contributed by atoms with Gasteiger partial charge in [-0.15, -0.1) is 0 Å². The van der Waals surface area contributed by atoms with Crippen LogP contribution < -0.4 is 0 Å². The molecule has 0 saturated carbocycles. The lowest BCUT2D eigenvalue weighted by Crippen LogP contribution is -2.11. The van der Waals surface area contributed by atoms with Crippen molar-refractivity contribution in [3.63, 3.8) is 0 Å². The summed E-state index contributed by atoms with van der Waals surface area (Å²) >= 11 is 0. The van der Waals surface area contributed by atoms with Crippen LogP contribution in [0.15, 0.2) is 25.0 Å². The Kier molecular flexibility index (Phi) is 25.4. The van der Waals surface area contributed by atoms with Crippen molar-refractivity contribution in [2.75, 3.05) is 92.5 Å². The Labute approximate surface area is 174 Å². The standard InChI is InChI=1S/C20H38O9/c1-3-21-5-7-23-9-11-25-13-15-27-17-19-29-20-18-28-16-14-26-12-10-24-8-6-22-4-2/h17-20H,3-16H2,1-2H3. The Balaban J connectivity index is 3.14. The molecule has 0 heterocycles. The Morgan fingerprint density at radius 3 is 1.03 bits per heavy atom. The van der Waals surface area contributed by atoms with Gasteiger partial charge in [0, 0.05) is 13.2 Å². The van der Waals surface area contributed by atoms with E-state index in [2.05, 4.69) is 0 Å². The molecule has 29 heavy (non-hydrogen) atoms. The van der Waals surface area contributed by atoms with Crippen LogP contribution >= 0.6 is 0 Å². The maximum atomic E-state index is 5.34. The first-order chi connectivity index (χ1) is 14.4. The van der Waals surface area contributed by atoms with Crippen LogP contribution in [0, 0.1) is 0 Å². The van der Waals surface area contributed by atoms with E-state index < -0.39 is 0 Å². The minimum atomic E-state index is 0.436. The summed E-state index contributed by atoms with van der Waals surface area (Å²) in [5, 5.41) is 0. The molecule has 0 aliphatic heterocycles. The van der Waals surface area contributed by atoms with E-state index in [1.165, 1.54) is 25.0 Å². The monoisotopic (exact) mass is 422 g/mol. The third-order valence-electron chi connectivity index (χ3n) is 3.05. The van der Waals surface area contributed by atoms with Gasteiger partial charge in [-0.3, -0.25) is 0 Å². The molecule has 0 aromatic rings. The summed E-state index contributed by atoms with van der Waals surface area (Å²) in [6.07, 6.45) is 5.71. The second-order valence-electron chi connectivity index (χ2n) is 5.27. The van der Waals surface area contributed by atoms with E-state index in [9.17, 15) is 0 Å². The van der Waals surface area contributed by atoms with Crippen LogP contribution in [-0.4, -0.2) is 92.5 Å². The zero-order valence-corrected chi connectivity index (χ0v) is 17.9. The fourth-order valence-electron chi connectivity index (χ4n) is 1.71. The molecule has 172 valence electrons. The number of ether oxygens (including phenoxy) is 9. The predicted molar refractivity (Wildman–Crippen MR) is 108 cm³/mol. The van der Waals surface area contributed by atoms with Crippen LogP contribution in [0.2, 0.25) is 0 Å². The number of rotatable bonds is 24. The van der Waals surface area contributed by atoms with E-state index in [0.717, 1.165) is 0 Å². The summed E-state index contributed by atoms with van der Waals surface area (Å²) in [6, 6.07) is 0. The zero-order chi connectivity index (χ0) is 21.1. The molecule has 0 aliphatic carbocycles. The van der Waals surface area contributed by atoms with Crippen molar-refractivity contribution in [2.24, 2.45) is 0 Å². The third-order valence-corrected chi connectivity index (χ3v) is 3.05. The average Bonchev–Trinajstić information content (AvgIpc) is 2.74. The second-order valence-corrected chi connectivity index (χ2v) is 5.27. The molecule has 0 rings (SSSR count). The van der Waals surface area contributed by atoms with Crippen molar-refractivity contribution in [2.45, 2.75) is 13.8 Å². The van der Waals surface area contributed by atoms with Crippen molar-refractivity contribution in [1.82, 2.24) is 0 Å². The molecule has 9 heteroatoms. The quantitative estimate of drug-likeness (QED) is 0.172. The molecule has 0 unspecified atom stereocenters. The largest absolute Gasteiger partial charge is 0.496 e. The molecular weight excluding hydrogens is 384 g/mol. The Morgan fingerprint density at radius 1 is 0.379 bits per heavy atom. The molecule has 0 aromatic heterocycles. The van der Waals surface area contributed by atoms with Gasteiger partial charge in [0.15, 0.2) is 0 Å². The molecule has 0 amide bonds. The number of hydrogen-bond donors (Lipinski definition) is 0. The summed E-state index contributed by atoms with van der Waals surface area (Å²) in [7, 11) is 0. The minimum absolute atomic E-state index is 0.436. The van der Waals surface area contributed by atoms with E-state index in [1.807, 2.05) is 13.8 Å². The first kappa shape index (κ1) is 27.6. The SMILES string of the molecule is CCOCCOCCOCCOC=COC=COCCOCCOCCOCC. The van der Waals surface area contributed by atoms with E-state index in [4.69, 9.17) is 42.6 Å². The van der Waals surface area contributed by atoms with Crippen molar-refractivity contribution >= 4 is 0 Å². The Morgan fingerprint density at radius 2 is 0.690 bits per heavy atom. The molecule has 0 bridgehead atoms. The first-order valence-electron chi connectivity index (χ1n) is 10.1. The molecule has 0 aliphatic rings. The molecular formula is C20H38O9. The van der Waals surface area contributed by atoms with Crippen LogP contribution in [0.25, 0.3) is 0 Å². The van der Waals surface area contributed by atoms with E-state index >= 15 is 0 Å². The Hall–Kier alpha value is -1.36. The minimum Gasteiger partial charge on any atom is -0.496 e. The lowest BCUT2D eigenvalue weighted by Gasteiger charge is -2.06. The molecule has 0 spiro atoms. The van der Waals surface area contributed by atoms with Gasteiger partial charge in [0.2, 0.25) is 0 Å². The molecule has 0 aromatic carbocycles. The Bertz CT molecular complexity index is 319. The maximum Gasteiger partial charge on any atom is 0.125 e. The highest BCUT2D eigenvalue weighted by Crippen LogP contribution is 1.87. The topological polar surface area (TPSA) is 83.1 Å². The van der Waals surface area contributed by atoms with Gasteiger partial charge in [0.25, 0.3) is 0 Å². The highest BCUT2D eigenvalue weighted by Gasteiger charge is 1.91. The fourth-order valence-corrected chi connectivity index (χ4v) is 1.71. The lowest BCUT2D eigenvalue weighted by molar-refractivity contribution is 0.00785. The highest BCUT2D eigenvalue weighted by molar-refractivity contribution is 4.69. The van der Waals surface area contributed by atoms with Crippen molar-refractivity contribution in [1.29, 1.82) is 0 Å². The number of hydrogen-bond acceptors (Lipinski definition) is 9. The van der Waals surface area contributed by atoms with Gasteiger partial charge in [-0.1, -0.05) is 0 Å². The first-order valence-corrected chi connectivity index (χ1v) is 10.1. The van der Waals surface area contributed by atoms with E-state index in [0.29, 0.717) is 92.5 Å². The molecule has 9 nitrogen and oxygen atoms in total. The third kappa shape index (κ3) is 26.6. The summed E-state index contributed by atoms with van der Waals surface area (Å²) < 4.78 is 47.1. The van der Waals surface area contributed by atoms with Crippen LogP contribution in [0.1, 0.15) is 13.8 Å². The predicted octanol–water partition coefficient (Wildman–Crippen LogP) is 2.12.